The third-order valence-electron chi connectivity index (χ3n) is 3.72. The molecule has 1 aliphatic heterocycles. The molecule has 7 heteroatoms. The summed E-state index contributed by atoms with van der Waals surface area (Å²) in [5, 5.41) is 6.63. The highest BCUT2D eigenvalue weighted by Gasteiger charge is 2.15. The van der Waals surface area contributed by atoms with Crippen molar-refractivity contribution in [3.8, 4) is 0 Å². The van der Waals surface area contributed by atoms with E-state index in [4.69, 9.17) is 9.47 Å². The highest BCUT2D eigenvalue weighted by molar-refractivity contribution is 14.0. The van der Waals surface area contributed by atoms with E-state index in [2.05, 4.69) is 41.4 Å². The number of rotatable bonds is 9. The normalized spacial score (nSPS) is 18.6. The number of likely N-dealkylation sites (N-methyl/N-ethyl adjacent to an activating group) is 1. The van der Waals surface area contributed by atoms with Crippen molar-refractivity contribution in [2.24, 2.45) is 4.99 Å². The molecule has 2 N–H and O–H groups in total. The molecule has 0 aromatic rings. The topological polar surface area (TPSA) is 58.1 Å². The molecule has 0 aliphatic carbocycles. The Hall–Kier alpha value is -0.120. The van der Waals surface area contributed by atoms with Crippen molar-refractivity contribution in [3.63, 3.8) is 0 Å². The third-order valence-corrected chi connectivity index (χ3v) is 3.72. The van der Waals surface area contributed by atoms with Crippen LogP contribution in [0.25, 0.3) is 0 Å². The largest absolute Gasteiger partial charge is 0.379 e. The lowest BCUT2D eigenvalue weighted by atomic mass is 10.3. The summed E-state index contributed by atoms with van der Waals surface area (Å²) in [6.07, 6.45) is 2.30. The van der Waals surface area contributed by atoms with Crippen LogP contribution in [-0.2, 0) is 9.47 Å². The molecule has 0 aromatic heterocycles. The molecule has 0 radical (unpaired) electrons. The first-order valence-corrected chi connectivity index (χ1v) is 7.97. The van der Waals surface area contributed by atoms with Crippen LogP contribution in [0, 0.1) is 0 Å². The number of hydrogen-bond donors (Lipinski definition) is 2. The van der Waals surface area contributed by atoms with E-state index in [0.29, 0.717) is 12.1 Å². The van der Waals surface area contributed by atoms with E-state index in [9.17, 15) is 0 Å². The van der Waals surface area contributed by atoms with Gasteiger partial charge in [0.1, 0.15) is 0 Å². The van der Waals surface area contributed by atoms with E-state index < -0.39 is 0 Å². The van der Waals surface area contributed by atoms with Gasteiger partial charge in [-0.3, -0.25) is 4.99 Å². The van der Waals surface area contributed by atoms with Gasteiger partial charge in [-0.25, -0.2) is 0 Å². The van der Waals surface area contributed by atoms with Crippen molar-refractivity contribution in [2.75, 3.05) is 53.6 Å². The van der Waals surface area contributed by atoms with Gasteiger partial charge in [0.15, 0.2) is 5.96 Å². The lowest BCUT2D eigenvalue weighted by molar-refractivity contribution is 0.0420. The summed E-state index contributed by atoms with van der Waals surface area (Å²) in [4.78, 5) is 6.52. The SMILES string of the molecule is CN=C(NCCCOC1CCOC1)NCCN(C)C(C)C.I. The fraction of sp³-hybridized carbons (Fsp3) is 0.933. The maximum atomic E-state index is 5.73. The second kappa shape index (κ2) is 13.3. The van der Waals surface area contributed by atoms with Gasteiger partial charge in [0, 0.05) is 45.9 Å². The van der Waals surface area contributed by atoms with Crippen molar-refractivity contribution < 1.29 is 9.47 Å². The van der Waals surface area contributed by atoms with Crippen molar-refractivity contribution in [1.29, 1.82) is 0 Å². The molecule has 1 fully saturated rings. The summed E-state index contributed by atoms with van der Waals surface area (Å²) < 4.78 is 11.0. The zero-order valence-electron chi connectivity index (χ0n) is 14.4. The zero-order chi connectivity index (χ0) is 15.5. The molecule has 1 rings (SSSR count). The smallest absolute Gasteiger partial charge is 0.191 e. The molecule has 0 spiro atoms. The Kier molecular flexibility index (Phi) is 13.3. The Morgan fingerprint density at radius 1 is 1.36 bits per heavy atom. The number of aliphatic imine (C=N–C) groups is 1. The molecule has 0 saturated carbocycles. The molecule has 1 unspecified atom stereocenters. The molecule has 0 aromatic carbocycles. The molecular weight excluding hydrogens is 395 g/mol. The van der Waals surface area contributed by atoms with E-state index in [1.54, 1.807) is 7.05 Å². The first kappa shape index (κ1) is 21.9. The number of hydrogen-bond acceptors (Lipinski definition) is 4. The van der Waals surface area contributed by atoms with E-state index >= 15 is 0 Å². The van der Waals surface area contributed by atoms with E-state index in [0.717, 1.165) is 58.3 Å². The van der Waals surface area contributed by atoms with Crippen LogP contribution in [0.2, 0.25) is 0 Å². The van der Waals surface area contributed by atoms with E-state index in [1.807, 2.05) is 0 Å². The fourth-order valence-corrected chi connectivity index (χ4v) is 2.00. The third kappa shape index (κ3) is 9.81. The van der Waals surface area contributed by atoms with Gasteiger partial charge >= 0.3 is 0 Å². The summed E-state index contributed by atoms with van der Waals surface area (Å²) in [5.74, 6) is 0.858. The fourth-order valence-electron chi connectivity index (χ4n) is 2.00. The van der Waals surface area contributed by atoms with Crippen LogP contribution in [0.5, 0.6) is 0 Å². The van der Waals surface area contributed by atoms with Crippen LogP contribution in [0.3, 0.4) is 0 Å². The van der Waals surface area contributed by atoms with Crippen LogP contribution < -0.4 is 10.6 Å². The van der Waals surface area contributed by atoms with Crippen molar-refractivity contribution >= 4 is 29.9 Å². The van der Waals surface area contributed by atoms with Gasteiger partial charge in [-0.1, -0.05) is 0 Å². The first-order valence-electron chi connectivity index (χ1n) is 7.97. The molecule has 6 nitrogen and oxygen atoms in total. The Labute approximate surface area is 152 Å². The quantitative estimate of drug-likeness (QED) is 0.251. The minimum absolute atomic E-state index is 0. The van der Waals surface area contributed by atoms with Gasteiger partial charge < -0.3 is 25.0 Å². The second-order valence-electron chi connectivity index (χ2n) is 5.71. The van der Waals surface area contributed by atoms with E-state index in [-0.39, 0.29) is 24.0 Å². The predicted octanol–water partition coefficient (Wildman–Crippen LogP) is 1.31. The molecule has 1 atom stereocenters. The maximum Gasteiger partial charge on any atom is 0.191 e. The highest BCUT2D eigenvalue weighted by atomic mass is 127. The predicted molar refractivity (Wildman–Crippen MR) is 102 cm³/mol. The standard InChI is InChI=1S/C15H32N4O2.HI/c1-13(2)19(4)9-8-18-15(16-3)17-7-5-10-21-14-6-11-20-12-14;/h13-14H,5-12H2,1-4H3,(H2,16,17,18);1H. The minimum atomic E-state index is 0. The van der Waals surface area contributed by atoms with Gasteiger partial charge in [0.25, 0.3) is 0 Å². The number of guanidine groups is 1. The Balaban J connectivity index is 0.00000441. The molecule has 22 heavy (non-hydrogen) atoms. The highest BCUT2D eigenvalue weighted by Crippen LogP contribution is 2.07. The van der Waals surface area contributed by atoms with Gasteiger partial charge in [-0.15, -0.1) is 24.0 Å². The first-order chi connectivity index (χ1) is 10.1. The number of nitrogens with zero attached hydrogens (tertiary/aromatic N) is 2. The Morgan fingerprint density at radius 3 is 2.68 bits per heavy atom. The molecule has 1 saturated heterocycles. The molecule has 1 heterocycles. The van der Waals surface area contributed by atoms with Crippen LogP contribution >= 0.6 is 24.0 Å². The summed E-state index contributed by atoms with van der Waals surface area (Å²) in [7, 11) is 3.93. The number of halogens is 1. The lowest BCUT2D eigenvalue weighted by Gasteiger charge is -2.21. The Bertz CT molecular complexity index is 297. The van der Waals surface area contributed by atoms with Crippen molar-refractivity contribution in [3.05, 3.63) is 0 Å². The average molecular weight is 428 g/mol. The summed E-state index contributed by atoms with van der Waals surface area (Å²) in [6, 6.07) is 0.568. The molecule has 1 aliphatic rings. The van der Waals surface area contributed by atoms with Crippen LogP contribution in [0.15, 0.2) is 4.99 Å². The minimum Gasteiger partial charge on any atom is -0.379 e. The van der Waals surface area contributed by atoms with Crippen molar-refractivity contribution in [2.45, 2.75) is 38.8 Å². The Morgan fingerprint density at radius 2 is 2.09 bits per heavy atom. The van der Waals surface area contributed by atoms with Crippen molar-refractivity contribution in [1.82, 2.24) is 15.5 Å². The number of nitrogens with one attached hydrogen (secondary N) is 2. The van der Waals surface area contributed by atoms with Crippen LogP contribution in [0.4, 0.5) is 0 Å². The van der Waals surface area contributed by atoms with Gasteiger partial charge in [-0.05, 0) is 33.7 Å². The molecule has 0 amide bonds. The summed E-state index contributed by atoms with van der Waals surface area (Å²) in [6.45, 7) is 9.52. The summed E-state index contributed by atoms with van der Waals surface area (Å²) in [5.41, 5.74) is 0. The second-order valence-corrected chi connectivity index (χ2v) is 5.71. The number of ether oxygens (including phenoxy) is 2. The molecular formula is C15H33IN4O2. The molecule has 0 bridgehead atoms. The molecule has 132 valence electrons. The average Bonchev–Trinajstić information content (AvgIpc) is 2.97. The monoisotopic (exact) mass is 428 g/mol. The van der Waals surface area contributed by atoms with E-state index in [1.165, 1.54) is 0 Å². The van der Waals surface area contributed by atoms with Gasteiger partial charge in [0.2, 0.25) is 0 Å². The van der Waals surface area contributed by atoms with Gasteiger partial charge in [-0.2, -0.15) is 0 Å². The summed E-state index contributed by atoms with van der Waals surface area (Å²) >= 11 is 0. The maximum absolute atomic E-state index is 5.73. The zero-order valence-corrected chi connectivity index (χ0v) is 16.8. The van der Waals surface area contributed by atoms with Crippen LogP contribution in [0.1, 0.15) is 26.7 Å². The lowest BCUT2D eigenvalue weighted by Crippen LogP contribution is -2.42. The van der Waals surface area contributed by atoms with Gasteiger partial charge in [0.05, 0.1) is 12.7 Å². The van der Waals surface area contributed by atoms with Crippen LogP contribution in [-0.4, -0.2) is 76.6 Å².